The van der Waals surface area contributed by atoms with E-state index in [0.717, 1.165) is 0 Å². The van der Waals surface area contributed by atoms with Crippen molar-refractivity contribution in [1.82, 2.24) is 33.6 Å². The van der Waals surface area contributed by atoms with Gasteiger partial charge in [-0.3, -0.25) is 43.0 Å². The number of halogens is 3. The Labute approximate surface area is 366 Å². The second-order valence-electron chi connectivity index (χ2n) is 12.9. The van der Waals surface area contributed by atoms with Gasteiger partial charge < -0.3 is 56.3 Å². The highest BCUT2D eigenvalue weighted by Gasteiger charge is 2.46. The normalized spacial score (nSPS) is 26.8. The van der Waals surface area contributed by atoms with Crippen molar-refractivity contribution in [2.45, 2.75) is 73.0 Å². The first-order valence-electron chi connectivity index (χ1n) is 17.4. The summed E-state index contributed by atoms with van der Waals surface area (Å²) in [5.74, 6) is -0.331. The molecule has 328 valence electrons. The number of hydrogen-bond acceptors (Lipinski definition) is 18. The van der Waals surface area contributed by atoms with E-state index in [1.165, 1.54) is 44.6 Å². The molecule has 12 N–H and O–H groups in total. The number of hydrogen-bond donors (Lipinski definition) is 10. The lowest BCUT2D eigenvalue weighted by Crippen LogP contribution is -2.37. The van der Waals surface area contributed by atoms with Crippen LogP contribution in [0.3, 0.4) is 0 Å². The van der Waals surface area contributed by atoms with Crippen LogP contribution >= 0.6 is 54.5 Å². The number of primary amides is 1. The van der Waals surface area contributed by atoms with Crippen LogP contribution in [0.25, 0.3) is 0 Å². The molecule has 60 heavy (non-hydrogen) atoms. The van der Waals surface area contributed by atoms with Crippen LogP contribution in [0.4, 0.5) is 5.82 Å². The number of anilines is 1. The van der Waals surface area contributed by atoms with Crippen LogP contribution in [0, 0.1) is 3.57 Å². The Hall–Kier alpha value is -4.01. The zero-order chi connectivity index (χ0) is 44.5. The molecule has 3 saturated heterocycles. The van der Waals surface area contributed by atoms with Crippen molar-refractivity contribution in [2.75, 3.05) is 25.6 Å². The third-order valence-electron chi connectivity index (χ3n) is 8.77. The van der Waals surface area contributed by atoms with Crippen LogP contribution in [-0.2, 0) is 18.8 Å². The number of aromatic nitrogens is 7. The Morgan fingerprint density at radius 2 is 1.43 bits per heavy atom. The molecule has 4 aromatic heterocycles. The largest absolute Gasteiger partial charge is 0.394 e. The number of ether oxygens (including phenoxy) is 3. The molecular formula is C33H40Br2IN9O15. The molecule has 0 bridgehead atoms. The summed E-state index contributed by atoms with van der Waals surface area (Å²) in [7, 11) is 0. The van der Waals surface area contributed by atoms with E-state index < -0.39 is 87.8 Å². The van der Waals surface area contributed by atoms with Gasteiger partial charge >= 0.3 is 17.1 Å². The van der Waals surface area contributed by atoms with Crippen molar-refractivity contribution < 1.29 is 49.6 Å². The molecule has 0 saturated carbocycles. The molecule has 0 unspecified atom stereocenters. The number of pyridine rings is 1. The molecule has 0 aromatic carbocycles. The lowest BCUT2D eigenvalue weighted by atomic mass is 10.2. The molecular weight excluding hydrogens is 1050 g/mol. The monoisotopic (exact) mass is 1090 g/mol. The minimum atomic E-state index is -1.20. The molecule has 3 aliphatic heterocycles. The Balaban J connectivity index is 0.000000180. The molecule has 24 nitrogen and oxygen atoms in total. The van der Waals surface area contributed by atoms with E-state index in [1.54, 1.807) is 40.9 Å². The lowest BCUT2D eigenvalue weighted by Gasteiger charge is -2.23. The predicted molar refractivity (Wildman–Crippen MR) is 221 cm³/mol. The van der Waals surface area contributed by atoms with Crippen molar-refractivity contribution >= 4 is 66.2 Å². The van der Waals surface area contributed by atoms with Crippen molar-refractivity contribution in [2.24, 2.45) is 5.73 Å². The first-order valence-corrected chi connectivity index (χ1v) is 20.1. The summed E-state index contributed by atoms with van der Waals surface area (Å²) in [5.41, 5.74) is 7.98. The maximum atomic E-state index is 11.7. The maximum Gasteiger partial charge on any atom is 0.352 e. The Morgan fingerprint density at radius 1 is 0.883 bits per heavy atom. The summed E-state index contributed by atoms with van der Waals surface area (Å²) in [6.07, 6.45) is 1.63. The molecule has 9 atom stereocenters. The Morgan fingerprint density at radius 3 is 1.88 bits per heavy atom. The number of amides is 1. The smallest absolute Gasteiger partial charge is 0.352 e. The number of carbonyl (C=O) groups is 1. The second kappa shape index (κ2) is 21.7. The van der Waals surface area contributed by atoms with Gasteiger partial charge in [-0.25, -0.2) is 14.4 Å². The number of H-pyrrole nitrogens is 2. The minimum absolute atomic E-state index is 0.111. The summed E-state index contributed by atoms with van der Waals surface area (Å²) in [5, 5.41) is 55.6. The third kappa shape index (κ3) is 12.3. The zero-order valence-corrected chi connectivity index (χ0v) is 36.2. The third-order valence-corrected chi connectivity index (χ3v) is 11.0. The molecule has 7 rings (SSSR count). The van der Waals surface area contributed by atoms with E-state index in [1.807, 2.05) is 0 Å². The van der Waals surface area contributed by atoms with Gasteiger partial charge in [-0.2, -0.15) is 4.98 Å². The fourth-order valence-corrected chi connectivity index (χ4v) is 7.29. The van der Waals surface area contributed by atoms with Crippen LogP contribution in [0.5, 0.6) is 0 Å². The standard InChI is InChI=1S/C9H12BrN3O4.C9H11BrN2O5.C9H11IN2O5.C6H6N2O/c10-9(3-5(15)6(4-14)17-9)13-2-1-7(11)12-8(13)16;2*10-4-2-12(9(16)11-8(4)15)7-1-5(14)6(3-13)17-7;7-6(9)5-2-1-3-8-4-5/h1-2,5-6,14-15H,3-4H2,(H2,11,12,16);2*2,5-7,13-14H,1,3H2,(H,11,15,16);1-4H,(H2,7,9)/t5-,6+,9-;2*5-,6+,7+;/m000./s1. The first-order chi connectivity index (χ1) is 28.3. The fraction of sp³-hybridized carbons (Fsp3) is 0.455. The van der Waals surface area contributed by atoms with E-state index in [2.05, 4.69) is 51.8 Å². The summed E-state index contributed by atoms with van der Waals surface area (Å²) < 4.78 is 19.0. The van der Waals surface area contributed by atoms with Crippen molar-refractivity contribution in [1.29, 1.82) is 0 Å². The van der Waals surface area contributed by atoms with Crippen molar-refractivity contribution in [3.05, 3.63) is 115 Å². The predicted octanol–water partition coefficient (Wildman–Crippen LogP) is -3.12. The van der Waals surface area contributed by atoms with E-state index in [-0.39, 0.29) is 49.4 Å². The quantitative estimate of drug-likeness (QED) is 0.0646. The highest BCUT2D eigenvalue weighted by Crippen LogP contribution is 2.39. The van der Waals surface area contributed by atoms with Gasteiger partial charge in [0.25, 0.3) is 11.1 Å². The maximum absolute atomic E-state index is 11.7. The molecule has 3 fully saturated rings. The van der Waals surface area contributed by atoms with Crippen LogP contribution in [0.15, 0.2) is 77.6 Å². The molecule has 0 radical (unpaired) electrons. The summed E-state index contributed by atoms with van der Waals surface area (Å²) in [4.78, 5) is 79.0. The lowest BCUT2D eigenvalue weighted by molar-refractivity contribution is -0.0607. The fourth-order valence-electron chi connectivity index (χ4n) is 5.69. The summed E-state index contributed by atoms with van der Waals surface area (Å²) in [6.45, 7) is -0.963. The van der Waals surface area contributed by atoms with Gasteiger partial charge in [0.1, 0.15) is 36.6 Å². The number of aromatic amines is 2. The topological polar surface area (TPSA) is 376 Å². The van der Waals surface area contributed by atoms with Gasteiger partial charge in [0.2, 0.25) is 10.5 Å². The highest BCUT2D eigenvalue weighted by atomic mass is 127. The molecule has 27 heteroatoms. The molecule has 1 amide bonds. The number of nitrogens with zero attached hydrogens (tertiary/aromatic N) is 5. The molecule has 3 aliphatic rings. The molecule has 0 aliphatic carbocycles. The van der Waals surface area contributed by atoms with Gasteiger partial charge in [0, 0.05) is 50.2 Å². The van der Waals surface area contributed by atoms with Gasteiger partial charge in [-0.05, 0) is 72.6 Å². The second-order valence-corrected chi connectivity index (χ2v) is 16.2. The molecule has 4 aromatic rings. The average Bonchev–Trinajstić information content (AvgIpc) is 3.87. The zero-order valence-electron chi connectivity index (χ0n) is 30.9. The van der Waals surface area contributed by atoms with Gasteiger partial charge in [-0.15, -0.1) is 0 Å². The minimum Gasteiger partial charge on any atom is -0.394 e. The average molecular weight is 1090 g/mol. The number of aliphatic hydroxyl groups excluding tert-OH is 6. The van der Waals surface area contributed by atoms with E-state index in [9.17, 15) is 44.1 Å². The van der Waals surface area contributed by atoms with Gasteiger partial charge in [0.05, 0.1) is 51.7 Å². The number of rotatable bonds is 7. The number of carbonyl (C=O) groups excluding carboxylic acids is 1. The molecule has 7 heterocycles. The van der Waals surface area contributed by atoms with Gasteiger partial charge in [0.15, 0.2) is 0 Å². The number of aliphatic hydroxyl groups is 6. The summed E-state index contributed by atoms with van der Waals surface area (Å²) in [6, 6.07) is 4.74. The van der Waals surface area contributed by atoms with E-state index in [4.69, 9.17) is 41.0 Å². The van der Waals surface area contributed by atoms with Crippen molar-refractivity contribution in [3.63, 3.8) is 0 Å². The van der Waals surface area contributed by atoms with Crippen LogP contribution in [0.2, 0.25) is 0 Å². The van der Waals surface area contributed by atoms with E-state index >= 15 is 0 Å². The van der Waals surface area contributed by atoms with Gasteiger partial charge in [-0.1, -0.05) is 0 Å². The van der Waals surface area contributed by atoms with Crippen molar-refractivity contribution in [3.8, 4) is 0 Å². The Kier molecular flexibility index (Phi) is 17.6. The van der Waals surface area contributed by atoms with Crippen LogP contribution < -0.4 is 39.7 Å². The highest BCUT2D eigenvalue weighted by molar-refractivity contribution is 14.1. The number of nitrogens with two attached hydrogens (primary N) is 2. The number of nitrogen functional groups attached to an aromatic ring is 1. The Bertz CT molecular complexity index is 2290. The summed E-state index contributed by atoms with van der Waals surface area (Å²) >= 11 is 8.05. The van der Waals surface area contributed by atoms with Crippen LogP contribution in [-0.4, -0.2) is 127 Å². The first kappa shape index (κ1) is 48.7. The number of alkyl halides is 1. The SMILES string of the molecule is NC(=O)c1cccnc1.Nc1ccn([C@@]2(Br)C[C@H](O)[C@@H](CO)O2)c(=O)n1.O=c1[nH]c(=O)n([C@H]2C[C@H](O)[C@@H](CO)O2)cc1Br.O=c1[nH]c(=O)n([C@H]2C[C@H](O)[C@@H](CO)O2)cc1I. The van der Waals surface area contributed by atoms with E-state index in [0.29, 0.717) is 9.13 Å². The molecule has 0 spiro atoms. The van der Waals surface area contributed by atoms with Crippen LogP contribution in [0.1, 0.15) is 42.1 Å². The number of nitrogens with one attached hydrogen (secondary N) is 2.